The lowest BCUT2D eigenvalue weighted by Crippen LogP contribution is -2.11. The molecule has 4 nitrogen and oxygen atoms in total. The monoisotopic (exact) mass is 332 g/mol. The van der Waals surface area contributed by atoms with E-state index < -0.39 is 5.97 Å². The fourth-order valence-electron chi connectivity index (χ4n) is 2.91. The van der Waals surface area contributed by atoms with Gasteiger partial charge in [0, 0.05) is 19.4 Å². The Morgan fingerprint density at radius 2 is 1.64 bits per heavy atom. The number of carboxylic acids is 1. The number of rotatable bonds is 7. The Kier molecular flexibility index (Phi) is 5.09. The fourth-order valence-corrected chi connectivity index (χ4v) is 2.91. The molecule has 0 unspecified atom stereocenters. The summed E-state index contributed by atoms with van der Waals surface area (Å²) in [6, 6.07) is 19.9. The SMILES string of the molecule is C=CCc1nc(C(=O)O)c(Cc2ccccc2)n1Cc1ccccc1. The molecular weight excluding hydrogens is 312 g/mol. The average Bonchev–Trinajstić information content (AvgIpc) is 2.95. The predicted octanol–water partition coefficient (Wildman–Crippen LogP) is 3.95. The molecule has 0 bridgehead atoms. The molecule has 1 heterocycles. The van der Waals surface area contributed by atoms with E-state index in [4.69, 9.17) is 0 Å². The van der Waals surface area contributed by atoms with Crippen LogP contribution in [0.25, 0.3) is 0 Å². The quantitative estimate of drug-likeness (QED) is 0.667. The highest BCUT2D eigenvalue weighted by Crippen LogP contribution is 2.20. The maximum atomic E-state index is 11.7. The number of aromatic carboxylic acids is 1. The Morgan fingerprint density at radius 3 is 2.20 bits per heavy atom. The molecule has 0 aliphatic rings. The molecule has 4 heteroatoms. The molecule has 0 aliphatic carbocycles. The van der Waals surface area contributed by atoms with Gasteiger partial charge in [0.15, 0.2) is 5.69 Å². The van der Waals surface area contributed by atoms with Crippen LogP contribution in [0.1, 0.15) is 33.1 Å². The minimum absolute atomic E-state index is 0.122. The molecule has 0 saturated heterocycles. The fraction of sp³-hybridized carbons (Fsp3) is 0.143. The van der Waals surface area contributed by atoms with Crippen molar-refractivity contribution in [2.75, 3.05) is 0 Å². The van der Waals surface area contributed by atoms with Gasteiger partial charge in [-0.3, -0.25) is 0 Å². The number of allylic oxidation sites excluding steroid dienone is 1. The van der Waals surface area contributed by atoms with E-state index in [0.29, 0.717) is 19.4 Å². The van der Waals surface area contributed by atoms with Gasteiger partial charge in [-0.2, -0.15) is 0 Å². The van der Waals surface area contributed by atoms with E-state index in [-0.39, 0.29) is 5.69 Å². The van der Waals surface area contributed by atoms with Crippen LogP contribution in [0.15, 0.2) is 73.3 Å². The molecule has 3 rings (SSSR count). The van der Waals surface area contributed by atoms with Gasteiger partial charge < -0.3 is 9.67 Å². The first-order valence-corrected chi connectivity index (χ1v) is 8.19. The number of benzene rings is 2. The molecule has 0 saturated carbocycles. The summed E-state index contributed by atoms with van der Waals surface area (Å²) in [5.74, 6) is -0.273. The maximum Gasteiger partial charge on any atom is 0.356 e. The van der Waals surface area contributed by atoms with Gasteiger partial charge in [0.2, 0.25) is 0 Å². The molecule has 25 heavy (non-hydrogen) atoms. The highest BCUT2D eigenvalue weighted by Gasteiger charge is 2.21. The van der Waals surface area contributed by atoms with E-state index in [9.17, 15) is 9.90 Å². The lowest BCUT2D eigenvalue weighted by molar-refractivity contribution is 0.0689. The third-order valence-electron chi connectivity index (χ3n) is 4.08. The highest BCUT2D eigenvalue weighted by atomic mass is 16.4. The number of carbonyl (C=O) groups is 1. The third kappa shape index (κ3) is 3.86. The standard InChI is InChI=1S/C21H20N2O2/c1-2-9-19-22-20(21(24)25)18(14-16-10-5-3-6-11-16)23(19)15-17-12-7-4-8-13-17/h2-8,10-13H,1,9,14-15H2,(H,24,25). The van der Waals surface area contributed by atoms with Crippen LogP contribution >= 0.6 is 0 Å². The summed E-state index contributed by atoms with van der Waals surface area (Å²) in [6.45, 7) is 4.36. The summed E-state index contributed by atoms with van der Waals surface area (Å²) < 4.78 is 2.01. The third-order valence-corrected chi connectivity index (χ3v) is 4.08. The smallest absolute Gasteiger partial charge is 0.356 e. The Hall–Kier alpha value is -3.14. The van der Waals surface area contributed by atoms with E-state index in [0.717, 1.165) is 22.6 Å². The molecule has 2 aromatic carbocycles. The van der Waals surface area contributed by atoms with Gasteiger partial charge >= 0.3 is 5.97 Å². The van der Waals surface area contributed by atoms with Crippen LogP contribution in [-0.4, -0.2) is 20.6 Å². The van der Waals surface area contributed by atoms with E-state index >= 15 is 0 Å². The van der Waals surface area contributed by atoms with Crippen molar-refractivity contribution in [3.05, 3.63) is 102 Å². The van der Waals surface area contributed by atoms with Crippen LogP contribution in [0.4, 0.5) is 0 Å². The zero-order valence-corrected chi connectivity index (χ0v) is 13.9. The van der Waals surface area contributed by atoms with Gasteiger partial charge in [0.05, 0.1) is 5.69 Å². The largest absolute Gasteiger partial charge is 0.476 e. The minimum Gasteiger partial charge on any atom is -0.476 e. The molecule has 1 N–H and O–H groups in total. The molecule has 126 valence electrons. The topological polar surface area (TPSA) is 55.1 Å². The lowest BCUT2D eigenvalue weighted by Gasteiger charge is -2.12. The second kappa shape index (κ2) is 7.62. The second-order valence-corrected chi connectivity index (χ2v) is 5.86. The molecule has 1 aromatic heterocycles. The van der Waals surface area contributed by atoms with E-state index in [1.807, 2.05) is 65.2 Å². The van der Waals surface area contributed by atoms with E-state index in [2.05, 4.69) is 11.6 Å². The minimum atomic E-state index is -0.997. The van der Waals surface area contributed by atoms with Crippen molar-refractivity contribution in [1.82, 2.24) is 9.55 Å². The molecule has 3 aromatic rings. The summed E-state index contributed by atoms with van der Waals surface area (Å²) in [5, 5.41) is 9.61. The summed E-state index contributed by atoms with van der Waals surface area (Å²) in [7, 11) is 0. The molecule has 0 amide bonds. The van der Waals surface area contributed by atoms with Crippen LogP contribution in [0.5, 0.6) is 0 Å². The van der Waals surface area contributed by atoms with Gasteiger partial charge in [0.25, 0.3) is 0 Å². The average molecular weight is 332 g/mol. The first-order chi connectivity index (χ1) is 12.2. The molecule has 0 atom stereocenters. The predicted molar refractivity (Wildman–Crippen MR) is 97.9 cm³/mol. The summed E-state index contributed by atoms with van der Waals surface area (Å²) in [6.07, 6.45) is 2.81. The zero-order valence-electron chi connectivity index (χ0n) is 13.9. The highest BCUT2D eigenvalue weighted by molar-refractivity contribution is 5.87. The van der Waals surface area contributed by atoms with Crippen LogP contribution in [0.3, 0.4) is 0 Å². The van der Waals surface area contributed by atoms with Crippen molar-refractivity contribution >= 4 is 5.97 Å². The van der Waals surface area contributed by atoms with Crippen LogP contribution in [0.2, 0.25) is 0 Å². The lowest BCUT2D eigenvalue weighted by atomic mass is 10.1. The Balaban J connectivity index is 2.08. The number of carboxylic acid groups (broad SMARTS) is 1. The molecular formula is C21H20N2O2. The Morgan fingerprint density at radius 1 is 1.04 bits per heavy atom. The number of imidazole rings is 1. The number of aromatic nitrogens is 2. The Bertz CT molecular complexity index is 868. The van der Waals surface area contributed by atoms with Gasteiger partial charge in [-0.05, 0) is 11.1 Å². The normalized spacial score (nSPS) is 10.6. The van der Waals surface area contributed by atoms with Crippen molar-refractivity contribution in [1.29, 1.82) is 0 Å². The van der Waals surface area contributed by atoms with Crippen LogP contribution < -0.4 is 0 Å². The van der Waals surface area contributed by atoms with Crippen molar-refractivity contribution in [3.63, 3.8) is 0 Å². The summed E-state index contributed by atoms with van der Waals surface area (Å²) >= 11 is 0. The number of hydrogen-bond donors (Lipinski definition) is 1. The Labute approximate surface area is 147 Å². The molecule has 0 radical (unpaired) electrons. The van der Waals surface area contributed by atoms with Crippen molar-refractivity contribution in [2.24, 2.45) is 0 Å². The second-order valence-electron chi connectivity index (χ2n) is 5.86. The molecule has 0 aliphatic heterocycles. The summed E-state index contributed by atoms with van der Waals surface area (Å²) in [5.41, 5.74) is 3.01. The van der Waals surface area contributed by atoms with Crippen molar-refractivity contribution in [2.45, 2.75) is 19.4 Å². The number of hydrogen-bond acceptors (Lipinski definition) is 2. The van der Waals surface area contributed by atoms with E-state index in [1.165, 1.54) is 0 Å². The maximum absolute atomic E-state index is 11.7. The van der Waals surface area contributed by atoms with Gasteiger partial charge in [0.1, 0.15) is 5.82 Å². The molecule has 0 spiro atoms. The number of nitrogens with zero attached hydrogens (tertiary/aromatic N) is 2. The van der Waals surface area contributed by atoms with Gasteiger partial charge in [-0.15, -0.1) is 6.58 Å². The molecule has 0 fully saturated rings. The van der Waals surface area contributed by atoms with Crippen LogP contribution in [0, 0.1) is 0 Å². The van der Waals surface area contributed by atoms with Crippen molar-refractivity contribution in [3.8, 4) is 0 Å². The zero-order chi connectivity index (χ0) is 17.6. The van der Waals surface area contributed by atoms with Gasteiger partial charge in [-0.1, -0.05) is 66.7 Å². The van der Waals surface area contributed by atoms with E-state index in [1.54, 1.807) is 6.08 Å². The van der Waals surface area contributed by atoms with Crippen LogP contribution in [-0.2, 0) is 19.4 Å². The first-order valence-electron chi connectivity index (χ1n) is 8.19. The summed E-state index contributed by atoms with van der Waals surface area (Å²) in [4.78, 5) is 16.1. The van der Waals surface area contributed by atoms with Gasteiger partial charge in [-0.25, -0.2) is 9.78 Å². The van der Waals surface area contributed by atoms with Crippen molar-refractivity contribution < 1.29 is 9.90 Å². The first kappa shape index (κ1) is 16.7.